The molecule has 0 N–H and O–H groups in total. The molecule has 0 bridgehead atoms. The molecule has 156 valence electrons. The maximum atomic E-state index is 10.3. The molecule has 2 aliphatic rings. The smallest absolute Gasteiger partial charge is 0.0661 e. The zero-order valence-corrected chi connectivity index (χ0v) is 18.7. The van der Waals surface area contributed by atoms with E-state index in [0.29, 0.717) is 16.7 Å². The SMILES string of the molecule is CCCCCCC1(CC(C#N)C2(CCCCC)CCCCC2)CCCCC1. The normalized spacial score (nSPS) is 22.9. The van der Waals surface area contributed by atoms with E-state index in [4.69, 9.17) is 0 Å². The predicted molar refractivity (Wildman–Crippen MR) is 118 cm³/mol. The van der Waals surface area contributed by atoms with Crippen LogP contribution in [0.5, 0.6) is 0 Å². The summed E-state index contributed by atoms with van der Waals surface area (Å²) in [6.45, 7) is 4.62. The molecule has 0 saturated heterocycles. The Morgan fingerprint density at radius 1 is 0.704 bits per heavy atom. The van der Waals surface area contributed by atoms with Crippen LogP contribution in [0.15, 0.2) is 0 Å². The van der Waals surface area contributed by atoms with E-state index in [1.165, 1.54) is 128 Å². The van der Waals surface area contributed by atoms with E-state index in [1.807, 2.05) is 0 Å². The van der Waals surface area contributed by atoms with Gasteiger partial charge in [0.15, 0.2) is 0 Å². The lowest BCUT2D eigenvalue weighted by atomic mass is 9.57. The van der Waals surface area contributed by atoms with Crippen molar-refractivity contribution in [2.75, 3.05) is 0 Å². The van der Waals surface area contributed by atoms with Gasteiger partial charge in [0.2, 0.25) is 0 Å². The lowest BCUT2D eigenvalue weighted by molar-refractivity contribution is 0.0485. The Balaban J connectivity index is 2.09. The van der Waals surface area contributed by atoms with E-state index >= 15 is 0 Å². The third-order valence-corrected chi connectivity index (χ3v) is 8.13. The molecule has 2 fully saturated rings. The summed E-state index contributed by atoms with van der Waals surface area (Å²) in [4.78, 5) is 0. The molecule has 2 saturated carbocycles. The minimum absolute atomic E-state index is 0.318. The van der Waals surface area contributed by atoms with Crippen LogP contribution in [0.25, 0.3) is 0 Å². The summed E-state index contributed by atoms with van der Waals surface area (Å²) in [5.41, 5.74) is 0.859. The number of nitrogens with zero attached hydrogens (tertiary/aromatic N) is 1. The summed E-state index contributed by atoms with van der Waals surface area (Å²) in [5.74, 6) is 0.318. The average Bonchev–Trinajstić information content (AvgIpc) is 2.71. The quantitative estimate of drug-likeness (QED) is 0.313. The fourth-order valence-corrected chi connectivity index (χ4v) is 6.37. The van der Waals surface area contributed by atoms with Crippen molar-refractivity contribution in [2.24, 2.45) is 16.7 Å². The van der Waals surface area contributed by atoms with Crippen LogP contribution < -0.4 is 0 Å². The Morgan fingerprint density at radius 3 is 1.85 bits per heavy atom. The highest BCUT2D eigenvalue weighted by Gasteiger charge is 2.44. The topological polar surface area (TPSA) is 23.8 Å². The van der Waals surface area contributed by atoms with Gasteiger partial charge in [-0.3, -0.25) is 0 Å². The Morgan fingerprint density at radius 2 is 1.26 bits per heavy atom. The molecule has 0 aliphatic heterocycles. The number of rotatable bonds is 12. The molecular weight excluding hydrogens is 326 g/mol. The maximum absolute atomic E-state index is 10.3. The summed E-state index contributed by atoms with van der Waals surface area (Å²) < 4.78 is 0. The number of nitriles is 1. The number of unbranched alkanes of at least 4 members (excludes halogenated alkanes) is 5. The Kier molecular flexibility index (Phi) is 10.2. The van der Waals surface area contributed by atoms with Crippen molar-refractivity contribution in [2.45, 2.75) is 142 Å². The fraction of sp³-hybridized carbons (Fsp3) is 0.962. The molecule has 0 spiro atoms. The van der Waals surface area contributed by atoms with E-state index in [1.54, 1.807) is 0 Å². The molecule has 0 aromatic carbocycles. The largest absolute Gasteiger partial charge is 0.198 e. The Hall–Kier alpha value is -0.510. The summed E-state index contributed by atoms with van der Waals surface area (Å²) in [7, 11) is 0. The number of hydrogen-bond acceptors (Lipinski definition) is 1. The first-order valence-corrected chi connectivity index (χ1v) is 12.6. The first kappa shape index (κ1) is 22.8. The summed E-state index contributed by atoms with van der Waals surface area (Å²) >= 11 is 0. The van der Waals surface area contributed by atoms with Gasteiger partial charge in [-0.2, -0.15) is 5.26 Å². The van der Waals surface area contributed by atoms with E-state index in [2.05, 4.69) is 19.9 Å². The van der Waals surface area contributed by atoms with Crippen molar-refractivity contribution in [1.82, 2.24) is 0 Å². The summed E-state index contributed by atoms with van der Waals surface area (Å²) in [5, 5.41) is 10.3. The van der Waals surface area contributed by atoms with Crippen molar-refractivity contribution in [1.29, 1.82) is 5.26 Å². The zero-order chi connectivity index (χ0) is 19.4. The minimum Gasteiger partial charge on any atom is -0.198 e. The van der Waals surface area contributed by atoms with Gasteiger partial charge in [-0.15, -0.1) is 0 Å². The van der Waals surface area contributed by atoms with Crippen LogP contribution in [0.1, 0.15) is 142 Å². The molecule has 0 aromatic heterocycles. The fourth-order valence-electron chi connectivity index (χ4n) is 6.37. The minimum atomic E-state index is 0.318. The monoisotopic (exact) mass is 373 g/mol. The molecule has 2 rings (SSSR count). The van der Waals surface area contributed by atoms with Crippen LogP contribution >= 0.6 is 0 Å². The summed E-state index contributed by atoms with van der Waals surface area (Å²) in [6.07, 6.45) is 27.3. The van der Waals surface area contributed by atoms with Crippen LogP contribution in [-0.4, -0.2) is 0 Å². The van der Waals surface area contributed by atoms with Crippen molar-refractivity contribution in [3.8, 4) is 6.07 Å². The molecule has 0 aromatic rings. The highest BCUT2D eigenvalue weighted by molar-refractivity contribution is 5.02. The second kappa shape index (κ2) is 12.1. The predicted octanol–water partition coefficient (Wildman–Crippen LogP) is 8.97. The Labute approximate surface area is 170 Å². The molecule has 1 atom stereocenters. The maximum Gasteiger partial charge on any atom is 0.0661 e. The van der Waals surface area contributed by atoms with Crippen molar-refractivity contribution < 1.29 is 0 Å². The third-order valence-electron chi connectivity index (χ3n) is 8.13. The highest BCUT2D eigenvalue weighted by Crippen LogP contribution is 2.53. The van der Waals surface area contributed by atoms with Gasteiger partial charge in [0.05, 0.1) is 12.0 Å². The summed E-state index contributed by atoms with van der Waals surface area (Å²) in [6, 6.07) is 2.91. The van der Waals surface area contributed by atoms with Gasteiger partial charge in [0.25, 0.3) is 0 Å². The van der Waals surface area contributed by atoms with Crippen LogP contribution in [-0.2, 0) is 0 Å². The second-order valence-corrected chi connectivity index (χ2v) is 10.1. The molecule has 2 aliphatic carbocycles. The van der Waals surface area contributed by atoms with Gasteiger partial charge in [-0.25, -0.2) is 0 Å². The molecule has 0 amide bonds. The zero-order valence-electron chi connectivity index (χ0n) is 18.7. The van der Waals surface area contributed by atoms with Gasteiger partial charge in [0.1, 0.15) is 0 Å². The molecule has 1 unspecified atom stereocenters. The first-order valence-electron chi connectivity index (χ1n) is 12.6. The van der Waals surface area contributed by atoms with Crippen LogP contribution in [0, 0.1) is 28.1 Å². The van der Waals surface area contributed by atoms with Crippen molar-refractivity contribution >= 4 is 0 Å². The van der Waals surface area contributed by atoms with E-state index < -0.39 is 0 Å². The van der Waals surface area contributed by atoms with Gasteiger partial charge in [-0.1, -0.05) is 97.3 Å². The lowest BCUT2D eigenvalue weighted by Crippen LogP contribution is -2.37. The molecule has 0 heterocycles. The Bertz CT molecular complexity index is 420. The lowest BCUT2D eigenvalue weighted by Gasteiger charge is -2.46. The molecule has 27 heavy (non-hydrogen) atoms. The van der Waals surface area contributed by atoms with Gasteiger partial charge >= 0.3 is 0 Å². The van der Waals surface area contributed by atoms with Gasteiger partial charge in [0, 0.05) is 0 Å². The highest BCUT2D eigenvalue weighted by atomic mass is 14.5. The van der Waals surface area contributed by atoms with Crippen molar-refractivity contribution in [3.63, 3.8) is 0 Å². The van der Waals surface area contributed by atoms with Gasteiger partial charge < -0.3 is 0 Å². The van der Waals surface area contributed by atoms with E-state index in [9.17, 15) is 5.26 Å². The van der Waals surface area contributed by atoms with E-state index in [-0.39, 0.29) is 0 Å². The van der Waals surface area contributed by atoms with Crippen molar-refractivity contribution in [3.05, 3.63) is 0 Å². The second-order valence-electron chi connectivity index (χ2n) is 10.1. The molecule has 1 heteroatoms. The van der Waals surface area contributed by atoms with Crippen LogP contribution in [0.2, 0.25) is 0 Å². The number of hydrogen-bond donors (Lipinski definition) is 0. The average molecular weight is 374 g/mol. The van der Waals surface area contributed by atoms with Crippen LogP contribution in [0.3, 0.4) is 0 Å². The first-order chi connectivity index (χ1) is 13.2. The molecule has 0 radical (unpaired) electrons. The van der Waals surface area contributed by atoms with Crippen LogP contribution in [0.4, 0.5) is 0 Å². The molecular formula is C26H47N. The van der Waals surface area contributed by atoms with Gasteiger partial charge in [-0.05, 0) is 55.8 Å². The van der Waals surface area contributed by atoms with E-state index in [0.717, 1.165) is 0 Å². The standard InChI is InChI=1S/C26H47N/c1-3-5-7-11-16-25(17-12-8-13-18-25)22-24(23-27)26(19-10-6-4-2)20-14-9-15-21-26/h24H,3-22H2,1-2H3. The molecule has 1 nitrogen and oxygen atoms in total. The third kappa shape index (κ3) is 6.80.